The maximum Gasteiger partial charge on any atom is 0.142 e. The van der Waals surface area contributed by atoms with Crippen LogP contribution in [0.5, 0.6) is 5.75 Å². The molecule has 2 nitrogen and oxygen atoms in total. The van der Waals surface area contributed by atoms with Crippen LogP contribution in [0.15, 0.2) is 42.5 Å². The maximum absolute atomic E-state index is 6.07. The van der Waals surface area contributed by atoms with Gasteiger partial charge in [-0.15, -0.1) is 0 Å². The highest BCUT2D eigenvalue weighted by molar-refractivity contribution is 6.33. The maximum atomic E-state index is 6.07. The molecule has 1 N–H and O–H groups in total. The largest absolute Gasteiger partial charge is 0.495 e. The number of nitrogens with one attached hydrogen (secondary N) is 1. The van der Waals surface area contributed by atoms with Crippen molar-refractivity contribution >= 4 is 34.6 Å². The number of benzene rings is 2. The zero-order valence-corrected chi connectivity index (χ0v) is 10.7. The lowest BCUT2D eigenvalue weighted by Crippen LogP contribution is -1.95. The fourth-order valence-corrected chi connectivity index (χ4v) is 1.84. The van der Waals surface area contributed by atoms with Gasteiger partial charge in [-0.1, -0.05) is 35.3 Å². The van der Waals surface area contributed by atoms with Gasteiger partial charge in [0.1, 0.15) is 5.75 Å². The molecule has 0 fully saturated rings. The molecule has 2 aromatic rings. The Morgan fingerprint density at radius 2 is 1.76 bits per heavy atom. The Morgan fingerprint density at radius 1 is 1.00 bits per heavy atom. The van der Waals surface area contributed by atoms with E-state index in [-0.39, 0.29) is 0 Å². The number of anilines is 2. The summed E-state index contributed by atoms with van der Waals surface area (Å²) >= 11 is 12.0. The van der Waals surface area contributed by atoms with Crippen molar-refractivity contribution in [3.05, 3.63) is 52.5 Å². The lowest BCUT2D eigenvalue weighted by Gasteiger charge is -2.12. The van der Waals surface area contributed by atoms with Crippen LogP contribution in [0.3, 0.4) is 0 Å². The predicted molar refractivity (Wildman–Crippen MR) is 72.7 cm³/mol. The smallest absolute Gasteiger partial charge is 0.142 e. The molecule has 4 heteroatoms. The molecular weight excluding hydrogens is 257 g/mol. The van der Waals surface area contributed by atoms with E-state index in [1.54, 1.807) is 19.2 Å². The number of halogens is 2. The molecular formula is C13H11Cl2NO. The second-order valence-corrected chi connectivity index (χ2v) is 4.29. The molecule has 88 valence electrons. The minimum absolute atomic E-state index is 0.639. The Hall–Kier alpha value is -1.38. The summed E-state index contributed by atoms with van der Waals surface area (Å²) in [5, 5.41) is 4.48. The Balaban J connectivity index is 2.35. The standard InChI is InChI=1S/C13H11Cl2NO/c1-17-13-7-6-9(14)8-12(13)16-11-5-3-2-4-10(11)15/h2-8,16H,1H3. The highest BCUT2D eigenvalue weighted by atomic mass is 35.5. The quantitative estimate of drug-likeness (QED) is 0.867. The van der Waals surface area contributed by atoms with E-state index >= 15 is 0 Å². The highest BCUT2D eigenvalue weighted by Gasteiger charge is 2.05. The molecule has 0 amide bonds. The Labute approximate surface area is 110 Å². The molecule has 0 saturated heterocycles. The van der Waals surface area contributed by atoms with Crippen molar-refractivity contribution in [1.29, 1.82) is 0 Å². The normalized spacial score (nSPS) is 10.1. The molecule has 0 aliphatic heterocycles. The van der Waals surface area contributed by atoms with E-state index in [1.807, 2.05) is 30.3 Å². The van der Waals surface area contributed by atoms with Crippen LogP contribution in [0, 0.1) is 0 Å². The van der Waals surface area contributed by atoms with Gasteiger partial charge in [-0.2, -0.15) is 0 Å². The van der Waals surface area contributed by atoms with E-state index in [1.165, 1.54) is 0 Å². The van der Waals surface area contributed by atoms with E-state index in [0.717, 1.165) is 11.4 Å². The van der Waals surface area contributed by atoms with Gasteiger partial charge in [-0.05, 0) is 30.3 Å². The topological polar surface area (TPSA) is 21.3 Å². The second-order valence-electron chi connectivity index (χ2n) is 3.45. The van der Waals surface area contributed by atoms with Crippen LogP contribution in [-0.2, 0) is 0 Å². The fraction of sp³-hybridized carbons (Fsp3) is 0.0769. The lowest BCUT2D eigenvalue weighted by molar-refractivity contribution is 0.417. The van der Waals surface area contributed by atoms with Crippen LogP contribution in [-0.4, -0.2) is 7.11 Å². The molecule has 0 radical (unpaired) electrons. The van der Waals surface area contributed by atoms with Gasteiger partial charge in [-0.25, -0.2) is 0 Å². The van der Waals surface area contributed by atoms with Gasteiger partial charge in [0.25, 0.3) is 0 Å². The zero-order valence-electron chi connectivity index (χ0n) is 9.21. The molecule has 0 spiro atoms. The molecule has 0 saturated carbocycles. The first-order valence-electron chi connectivity index (χ1n) is 5.06. The molecule has 0 heterocycles. The molecule has 2 rings (SSSR count). The van der Waals surface area contributed by atoms with Gasteiger partial charge < -0.3 is 10.1 Å². The van der Waals surface area contributed by atoms with Crippen LogP contribution < -0.4 is 10.1 Å². The van der Waals surface area contributed by atoms with Gasteiger partial charge in [0.15, 0.2) is 0 Å². The molecule has 0 aliphatic carbocycles. The summed E-state index contributed by atoms with van der Waals surface area (Å²) in [5.41, 5.74) is 1.60. The SMILES string of the molecule is COc1ccc(Cl)cc1Nc1ccccc1Cl. The van der Waals surface area contributed by atoms with Gasteiger partial charge in [0, 0.05) is 5.02 Å². The Kier molecular flexibility index (Phi) is 3.77. The van der Waals surface area contributed by atoms with Crippen LogP contribution in [0.1, 0.15) is 0 Å². The van der Waals surface area contributed by atoms with E-state index in [9.17, 15) is 0 Å². The Bertz CT molecular complexity index is 529. The first kappa shape index (κ1) is 12.1. The third kappa shape index (κ3) is 2.84. The number of methoxy groups -OCH3 is 1. The summed E-state index contributed by atoms with van der Waals surface area (Å²) in [6, 6.07) is 12.9. The van der Waals surface area contributed by atoms with E-state index < -0.39 is 0 Å². The minimum atomic E-state index is 0.639. The molecule has 0 unspecified atom stereocenters. The summed E-state index contributed by atoms with van der Waals surface area (Å²) in [6.45, 7) is 0. The van der Waals surface area contributed by atoms with E-state index in [4.69, 9.17) is 27.9 Å². The average molecular weight is 268 g/mol. The van der Waals surface area contributed by atoms with Gasteiger partial charge in [0.05, 0.1) is 23.5 Å². The first-order chi connectivity index (χ1) is 8.20. The van der Waals surface area contributed by atoms with Crippen LogP contribution in [0.2, 0.25) is 10.0 Å². The third-order valence-corrected chi connectivity index (χ3v) is 2.87. The van der Waals surface area contributed by atoms with Crippen LogP contribution in [0.25, 0.3) is 0 Å². The van der Waals surface area contributed by atoms with Crippen molar-refractivity contribution in [2.75, 3.05) is 12.4 Å². The highest BCUT2D eigenvalue weighted by Crippen LogP contribution is 2.32. The molecule has 0 atom stereocenters. The molecule has 0 aromatic heterocycles. The third-order valence-electron chi connectivity index (χ3n) is 2.30. The van der Waals surface area contributed by atoms with E-state index in [0.29, 0.717) is 15.8 Å². The van der Waals surface area contributed by atoms with Crippen molar-refractivity contribution in [1.82, 2.24) is 0 Å². The number of para-hydroxylation sites is 1. The summed E-state index contributed by atoms with van der Waals surface area (Å²) in [4.78, 5) is 0. The van der Waals surface area contributed by atoms with E-state index in [2.05, 4.69) is 5.32 Å². The summed E-state index contributed by atoms with van der Waals surface area (Å²) < 4.78 is 5.25. The number of ether oxygens (including phenoxy) is 1. The van der Waals surface area contributed by atoms with Crippen molar-refractivity contribution in [2.24, 2.45) is 0 Å². The second kappa shape index (κ2) is 5.30. The summed E-state index contributed by atoms with van der Waals surface area (Å²) in [7, 11) is 1.61. The lowest BCUT2D eigenvalue weighted by atomic mass is 10.2. The van der Waals surface area contributed by atoms with Crippen molar-refractivity contribution < 1.29 is 4.74 Å². The number of rotatable bonds is 3. The fourth-order valence-electron chi connectivity index (χ4n) is 1.49. The minimum Gasteiger partial charge on any atom is -0.495 e. The first-order valence-corrected chi connectivity index (χ1v) is 5.81. The molecule has 0 aliphatic rings. The molecule has 17 heavy (non-hydrogen) atoms. The van der Waals surface area contributed by atoms with Crippen molar-refractivity contribution in [3.8, 4) is 5.75 Å². The summed E-state index contributed by atoms with van der Waals surface area (Å²) in [5.74, 6) is 0.717. The average Bonchev–Trinajstić information content (AvgIpc) is 2.32. The predicted octanol–water partition coefficient (Wildman–Crippen LogP) is 4.75. The van der Waals surface area contributed by atoms with Gasteiger partial charge in [0.2, 0.25) is 0 Å². The summed E-state index contributed by atoms with van der Waals surface area (Å²) in [6.07, 6.45) is 0. The molecule has 2 aromatic carbocycles. The van der Waals surface area contributed by atoms with Crippen molar-refractivity contribution in [2.45, 2.75) is 0 Å². The monoisotopic (exact) mass is 267 g/mol. The van der Waals surface area contributed by atoms with Crippen LogP contribution in [0.4, 0.5) is 11.4 Å². The zero-order chi connectivity index (χ0) is 12.3. The van der Waals surface area contributed by atoms with Crippen molar-refractivity contribution in [3.63, 3.8) is 0 Å². The van der Waals surface area contributed by atoms with Gasteiger partial charge >= 0.3 is 0 Å². The van der Waals surface area contributed by atoms with Crippen LogP contribution >= 0.6 is 23.2 Å². The Morgan fingerprint density at radius 3 is 2.47 bits per heavy atom. The van der Waals surface area contributed by atoms with Gasteiger partial charge in [-0.3, -0.25) is 0 Å². The molecule has 0 bridgehead atoms. The number of hydrogen-bond acceptors (Lipinski definition) is 2. The number of hydrogen-bond donors (Lipinski definition) is 1.